The molecule has 2 aromatic rings. The van der Waals surface area contributed by atoms with Gasteiger partial charge in [-0.05, 0) is 56.0 Å². The summed E-state index contributed by atoms with van der Waals surface area (Å²) in [6.45, 7) is 2.60. The highest BCUT2D eigenvalue weighted by atomic mass is 19.1. The molecule has 0 aliphatic carbocycles. The van der Waals surface area contributed by atoms with Crippen molar-refractivity contribution >= 4 is 17.6 Å². The van der Waals surface area contributed by atoms with Gasteiger partial charge < -0.3 is 10.2 Å². The molecule has 3 N–H and O–H groups in total. The minimum absolute atomic E-state index is 0.0193. The minimum atomic E-state index is -0.342. The van der Waals surface area contributed by atoms with E-state index in [1.54, 1.807) is 36.4 Å². The Balaban J connectivity index is 1.27. The summed E-state index contributed by atoms with van der Waals surface area (Å²) < 4.78 is 13.1. The van der Waals surface area contributed by atoms with E-state index in [1.807, 2.05) is 4.90 Å². The molecule has 0 spiro atoms. The van der Waals surface area contributed by atoms with Gasteiger partial charge in [0.25, 0.3) is 5.91 Å². The average Bonchev–Trinajstić information content (AvgIpc) is 3.30. The number of halogens is 1. The fourth-order valence-electron chi connectivity index (χ4n) is 4.24. The molecule has 2 saturated heterocycles. The lowest BCUT2D eigenvalue weighted by Crippen LogP contribution is -2.51. The standard InChI is InChI=1S/C24H27FN4O3/c1-15(30)17-3-2-4-18(13-17)23(31)26-20-9-11-29(12-10-20)24(32)22-14-21(27-28-22)16-5-7-19(25)8-6-16/h2-8,13,20-22,27-28H,9-12,14H2,1H3,(H,26,31). The van der Waals surface area contributed by atoms with Crippen molar-refractivity contribution in [2.24, 2.45) is 0 Å². The zero-order valence-electron chi connectivity index (χ0n) is 17.9. The summed E-state index contributed by atoms with van der Waals surface area (Å²) in [7, 11) is 0. The number of rotatable bonds is 5. The Bertz CT molecular complexity index is 1000. The number of nitrogens with one attached hydrogen (secondary N) is 3. The van der Waals surface area contributed by atoms with E-state index < -0.39 is 0 Å². The molecule has 2 atom stereocenters. The third-order valence-corrected chi connectivity index (χ3v) is 6.15. The van der Waals surface area contributed by atoms with Gasteiger partial charge in [0.2, 0.25) is 5.91 Å². The lowest BCUT2D eigenvalue weighted by atomic mass is 9.99. The second-order valence-electron chi connectivity index (χ2n) is 8.39. The maximum absolute atomic E-state index is 13.1. The van der Waals surface area contributed by atoms with E-state index in [9.17, 15) is 18.8 Å². The second-order valence-corrected chi connectivity index (χ2v) is 8.39. The van der Waals surface area contributed by atoms with E-state index in [4.69, 9.17) is 0 Å². The lowest BCUT2D eigenvalue weighted by Gasteiger charge is -2.33. The molecule has 2 aromatic carbocycles. The Kier molecular flexibility index (Phi) is 6.62. The number of carbonyl (C=O) groups excluding carboxylic acids is 3. The number of ketones is 1. The number of hydrazine groups is 1. The first-order chi connectivity index (χ1) is 15.4. The first-order valence-corrected chi connectivity index (χ1v) is 10.9. The van der Waals surface area contributed by atoms with Crippen molar-refractivity contribution in [3.05, 3.63) is 71.0 Å². The van der Waals surface area contributed by atoms with Crippen molar-refractivity contribution in [2.75, 3.05) is 13.1 Å². The SMILES string of the molecule is CC(=O)c1cccc(C(=O)NC2CCN(C(=O)C3CC(c4ccc(F)cc4)NN3)CC2)c1. The summed E-state index contributed by atoms with van der Waals surface area (Å²) in [6.07, 6.45) is 1.93. The van der Waals surface area contributed by atoms with Gasteiger partial charge in [-0.2, -0.15) is 0 Å². The van der Waals surface area contributed by atoms with Crippen LogP contribution < -0.4 is 16.2 Å². The van der Waals surface area contributed by atoms with Crippen LogP contribution in [0.2, 0.25) is 0 Å². The molecule has 2 fully saturated rings. The van der Waals surface area contributed by atoms with E-state index in [0.29, 0.717) is 43.5 Å². The third-order valence-electron chi connectivity index (χ3n) is 6.15. The maximum Gasteiger partial charge on any atom is 0.251 e. The van der Waals surface area contributed by atoms with Crippen LogP contribution in [-0.4, -0.2) is 47.7 Å². The molecule has 32 heavy (non-hydrogen) atoms. The van der Waals surface area contributed by atoms with Crippen LogP contribution in [0.3, 0.4) is 0 Å². The van der Waals surface area contributed by atoms with Crippen molar-refractivity contribution < 1.29 is 18.8 Å². The Hall–Kier alpha value is -3.10. The third kappa shape index (κ3) is 5.03. The smallest absolute Gasteiger partial charge is 0.251 e. The van der Waals surface area contributed by atoms with E-state index in [1.165, 1.54) is 19.1 Å². The lowest BCUT2D eigenvalue weighted by molar-refractivity contribution is -0.134. The second kappa shape index (κ2) is 9.58. The van der Waals surface area contributed by atoms with E-state index >= 15 is 0 Å². The number of nitrogens with zero attached hydrogens (tertiary/aromatic N) is 1. The molecule has 2 aliphatic rings. The molecule has 0 bridgehead atoms. The maximum atomic E-state index is 13.1. The van der Waals surface area contributed by atoms with Gasteiger partial charge in [-0.25, -0.2) is 15.2 Å². The van der Waals surface area contributed by atoms with Crippen LogP contribution in [0.4, 0.5) is 4.39 Å². The van der Waals surface area contributed by atoms with Gasteiger partial charge in [0.1, 0.15) is 11.9 Å². The Labute approximate surface area is 186 Å². The minimum Gasteiger partial charge on any atom is -0.349 e. The Morgan fingerprint density at radius 2 is 1.69 bits per heavy atom. The molecule has 0 aromatic heterocycles. The number of hydrogen-bond donors (Lipinski definition) is 3. The topological polar surface area (TPSA) is 90.5 Å². The fourth-order valence-corrected chi connectivity index (χ4v) is 4.24. The highest BCUT2D eigenvalue weighted by Gasteiger charge is 2.34. The summed E-state index contributed by atoms with van der Waals surface area (Å²) in [5.41, 5.74) is 8.10. The van der Waals surface area contributed by atoms with Crippen molar-refractivity contribution in [1.29, 1.82) is 0 Å². The molecule has 7 nitrogen and oxygen atoms in total. The molecule has 8 heteroatoms. The van der Waals surface area contributed by atoms with Gasteiger partial charge in [-0.15, -0.1) is 0 Å². The average molecular weight is 439 g/mol. The van der Waals surface area contributed by atoms with E-state index in [-0.39, 0.29) is 41.5 Å². The predicted octanol–water partition coefficient (Wildman–Crippen LogP) is 2.36. The predicted molar refractivity (Wildman–Crippen MR) is 117 cm³/mol. The van der Waals surface area contributed by atoms with Crippen LogP contribution in [0.5, 0.6) is 0 Å². The molecular formula is C24H27FN4O3. The van der Waals surface area contributed by atoms with Gasteiger partial charge >= 0.3 is 0 Å². The number of carbonyl (C=O) groups is 3. The van der Waals surface area contributed by atoms with Gasteiger partial charge in [0.15, 0.2) is 5.78 Å². The molecule has 2 aliphatic heterocycles. The molecule has 0 saturated carbocycles. The molecule has 0 radical (unpaired) electrons. The van der Waals surface area contributed by atoms with Gasteiger partial charge in [0, 0.05) is 36.3 Å². The van der Waals surface area contributed by atoms with Crippen molar-refractivity contribution in [1.82, 2.24) is 21.1 Å². The van der Waals surface area contributed by atoms with E-state index in [0.717, 1.165) is 5.56 Å². The molecule has 168 valence electrons. The highest BCUT2D eigenvalue weighted by Crippen LogP contribution is 2.24. The molecule has 2 unspecified atom stereocenters. The van der Waals surface area contributed by atoms with Crippen LogP contribution in [0.15, 0.2) is 48.5 Å². The number of hydrogen-bond acceptors (Lipinski definition) is 5. The number of benzene rings is 2. The highest BCUT2D eigenvalue weighted by molar-refractivity contribution is 5.99. The van der Waals surface area contributed by atoms with Crippen LogP contribution >= 0.6 is 0 Å². The van der Waals surface area contributed by atoms with Gasteiger partial charge in [-0.3, -0.25) is 14.4 Å². The van der Waals surface area contributed by atoms with Crippen LogP contribution in [0.25, 0.3) is 0 Å². The van der Waals surface area contributed by atoms with Crippen LogP contribution in [0.1, 0.15) is 58.5 Å². The zero-order valence-corrected chi connectivity index (χ0v) is 17.9. The molecule has 2 amide bonds. The zero-order chi connectivity index (χ0) is 22.7. The summed E-state index contributed by atoms with van der Waals surface area (Å²) in [4.78, 5) is 38.9. The number of piperidine rings is 1. The van der Waals surface area contributed by atoms with Gasteiger partial charge in [0.05, 0.1) is 0 Å². The van der Waals surface area contributed by atoms with E-state index in [2.05, 4.69) is 16.2 Å². The molecule has 2 heterocycles. The Morgan fingerprint density at radius 3 is 2.38 bits per heavy atom. The van der Waals surface area contributed by atoms with Crippen molar-refractivity contribution in [3.63, 3.8) is 0 Å². The first-order valence-electron chi connectivity index (χ1n) is 10.9. The first kappa shape index (κ1) is 22.1. The van der Waals surface area contributed by atoms with Crippen molar-refractivity contribution in [3.8, 4) is 0 Å². The summed E-state index contributed by atoms with van der Waals surface area (Å²) in [6, 6.07) is 12.6. The van der Waals surface area contributed by atoms with Gasteiger partial charge in [-0.1, -0.05) is 24.3 Å². The summed E-state index contributed by atoms with van der Waals surface area (Å²) >= 11 is 0. The van der Waals surface area contributed by atoms with Crippen LogP contribution in [-0.2, 0) is 4.79 Å². The van der Waals surface area contributed by atoms with Crippen LogP contribution in [0, 0.1) is 5.82 Å². The molecule has 4 rings (SSSR count). The largest absolute Gasteiger partial charge is 0.349 e. The number of Topliss-reactive ketones (excluding diaryl/α,β-unsaturated/α-hetero) is 1. The number of amides is 2. The Morgan fingerprint density at radius 1 is 1.00 bits per heavy atom. The van der Waals surface area contributed by atoms with Crippen molar-refractivity contribution in [2.45, 2.75) is 44.3 Å². The summed E-state index contributed by atoms with van der Waals surface area (Å²) in [5.74, 6) is -0.542. The fraction of sp³-hybridized carbons (Fsp3) is 0.375. The monoisotopic (exact) mass is 438 g/mol. The normalized spacial score (nSPS) is 21.4. The summed E-state index contributed by atoms with van der Waals surface area (Å²) in [5, 5.41) is 3.02. The quantitative estimate of drug-likeness (QED) is 0.624. The number of likely N-dealkylation sites (tertiary alicyclic amines) is 1. The molecular weight excluding hydrogens is 411 g/mol.